The molecule has 3 heterocycles. The van der Waals surface area contributed by atoms with Crippen molar-refractivity contribution in [2.45, 2.75) is 31.5 Å². The zero-order valence-electron chi connectivity index (χ0n) is 13.1. The van der Waals surface area contributed by atoms with Gasteiger partial charge in [-0.05, 0) is 18.9 Å². The lowest BCUT2D eigenvalue weighted by atomic mass is 10.0. The number of likely N-dealkylation sites (N-methyl/N-ethyl adjacent to an activating group) is 1. The van der Waals surface area contributed by atoms with Crippen LogP contribution in [0.5, 0.6) is 0 Å². The van der Waals surface area contributed by atoms with Crippen molar-refractivity contribution in [3.63, 3.8) is 0 Å². The van der Waals surface area contributed by atoms with Crippen molar-refractivity contribution >= 4 is 6.03 Å². The van der Waals surface area contributed by atoms with Crippen LogP contribution in [-0.2, 0) is 6.54 Å². The van der Waals surface area contributed by atoms with Crippen LogP contribution in [0.3, 0.4) is 0 Å². The zero-order chi connectivity index (χ0) is 15.5. The first-order chi connectivity index (χ1) is 10.6. The fraction of sp³-hybridized carbons (Fsp3) is 0.733. The number of carbonyl (C=O) groups excluding carboxylic acids is 1. The molecule has 2 amide bonds. The van der Waals surface area contributed by atoms with Crippen molar-refractivity contribution in [2.24, 2.45) is 0 Å². The summed E-state index contributed by atoms with van der Waals surface area (Å²) < 4.78 is 1.76. The molecule has 7 nitrogen and oxygen atoms in total. The Morgan fingerprint density at radius 2 is 2.05 bits per heavy atom. The molecule has 7 heteroatoms. The van der Waals surface area contributed by atoms with Crippen LogP contribution in [0.25, 0.3) is 0 Å². The number of carbonyl (C=O) groups is 1. The van der Waals surface area contributed by atoms with E-state index in [-0.39, 0.29) is 6.03 Å². The molecule has 22 heavy (non-hydrogen) atoms. The van der Waals surface area contributed by atoms with Gasteiger partial charge in [0.1, 0.15) is 0 Å². The van der Waals surface area contributed by atoms with Crippen molar-refractivity contribution in [3.05, 3.63) is 18.5 Å². The number of aliphatic hydroxyl groups is 1. The Bertz CT molecular complexity index is 484. The highest BCUT2D eigenvalue weighted by molar-refractivity contribution is 5.76. The molecule has 0 saturated carbocycles. The molecule has 0 aliphatic carbocycles. The van der Waals surface area contributed by atoms with Crippen LogP contribution in [0.15, 0.2) is 18.5 Å². The Hall–Kier alpha value is -1.60. The number of nitrogens with zero attached hydrogens (tertiary/aromatic N) is 5. The summed E-state index contributed by atoms with van der Waals surface area (Å²) in [6.45, 7) is 4.76. The Morgan fingerprint density at radius 3 is 2.64 bits per heavy atom. The van der Waals surface area contributed by atoms with Crippen LogP contribution in [-0.4, -0.2) is 87.5 Å². The summed E-state index contributed by atoms with van der Waals surface area (Å²) in [5.41, 5.74) is 0. The van der Waals surface area contributed by atoms with Crippen molar-refractivity contribution in [1.29, 1.82) is 0 Å². The van der Waals surface area contributed by atoms with E-state index in [1.165, 1.54) is 0 Å². The highest BCUT2D eigenvalue weighted by Crippen LogP contribution is 2.20. The number of aromatic nitrogens is 2. The number of hydrogen-bond donors (Lipinski definition) is 1. The number of amides is 2. The lowest BCUT2D eigenvalue weighted by molar-refractivity contribution is 0.0681. The van der Waals surface area contributed by atoms with E-state index in [4.69, 9.17) is 0 Å². The summed E-state index contributed by atoms with van der Waals surface area (Å²) in [5, 5.41) is 14.3. The van der Waals surface area contributed by atoms with Gasteiger partial charge in [-0.15, -0.1) is 0 Å². The molecule has 1 aromatic heterocycles. The molecule has 0 aromatic carbocycles. The molecule has 122 valence electrons. The Morgan fingerprint density at radius 1 is 1.27 bits per heavy atom. The molecule has 0 unspecified atom stereocenters. The van der Waals surface area contributed by atoms with Gasteiger partial charge in [-0.25, -0.2) is 4.79 Å². The summed E-state index contributed by atoms with van der Waals surface area (Å²) in [5.74, 6) is 0. The largest absolute Gasteiger partial charge is 0.390 e. The van der Waals surface area contributed by atoms with Gasteiger partial charge in [0, 0.05) is 58.2 Å². The quantitative estimate of drug-likeness (QED) is 0.836. The third-order valence-corrected chi connectivity index (χ3v) is 4.67. The predicted molar refractivity (Wildman–Crippen MR) is 82.4 cm³/mol. The smallest absolute Gasteiger partial charge is 0.320 e. The Labute approximate surface area is 131 Å². The second-order valence-corrected chi connectivity index (χ2v) is 6.31. The number of hydrogen-bond acceptors (Lipinski definition) is 4. The molecule has 1 aromatic rings. The zero-order valence-corrected chi connectivity index (χ0v) is 13.1. The van der Waals surface area contributed by atoms with Gasteiger partial charge in [0.15, 0.2) is 0 Å². The van der Waals surface area contributed by atoms with Gasteiger partial charge in [-0.1, -0.05) is 0 Å². The minimum Gasteiger partial charge on any atom is -0.390 e. The monoisotopic (exact) mass is 307 g/mol. The van der Waals surface area contributed by atoms with E-state index >= 15 is 0 Å². The fourth-order valence-electron chi connectivity index (χ4n) is 3.40. The highest BCUT2D eigenvalue weighted by atomic mass is 16.3. The summed E-state index contributed by atoms with van der Waals surface area (Å²) >= 11 is 0. The number of likely N-dealkylation sites (tertiary alicyclic amines) is 1. The summed E-state index contributed by atoms with van der Waals surface area (Å²) in [6, 6.07) is 2.39. The van der Waals surface area contributed by atoms with Crippen molar-refractivity contribution in [1.82, 2.24) is 24.5 Å². The summed E-state index contributed by atoms with van der Waals surface area (Å²) in [6.07, 6.45) is 5.17. The van der Waals surface area contributed by atoms with E-state index < -0.39 is 6.10 Å². The molecule has 2 saturated heterocycles. The van der Waals surface area contributed by atoms with Crippen molar-refractivity contribution in [3.8, 4) is 0 Å². The number of rotatable bonds is 5. The molecular formula is C15H25N5O2. The second-order valence-electron chi connectivity index (χ2n) is 6.31. The topological polar surface area (TPSA) is 64.8 Å². The first-order valence-electron chi connectivity index (χ1n) is 8.03. The van der Waals surface area contributed by atoms with E-state index in [1.807, 2.05) is 24.2 Å². The third-order valence-electron chi connectivity index (χ3n) is 4.67. The maximum Gasteiger partial charge on any atom is 0.320 e. The Balaban J connectivity index is 1.43. The van der Waals surface area contributed by atoms with Crippen LogP contribution in [0.2, 0.25) is 0 Å². The average Bonchev–Trinajstić information content (AvgIpc) is 3.12. The molecular weight excluding hydrogens is 282 g/mol. The van der Waals surface area contributed by atoms with Gasteiger partial charge in [0.2, 0.25) is 0 Å². The van der Waals surface area contributed by atoms with Crippen molar-refractivity contribution in [2.75, 3.05) is 39.8 Å². The van der Waals surface area contributed by atoms with Crippen LogP contribution < -0.4 is 0 Å². The van der Waals surface area contributed by atoms with Crippen molar-refractivity contribution < 1.29 is 9.90 Å². The number of aliphatic hydroxyl groups excluding tert-OH is 1. The van der Waals surface area contributed by atoms with E-state index in [1.54, 1.807) is 15.8 Å². The lowest BCUT2D eigenvalue weighted by Gasteiger charge is -2.37. The third kappa shape index (κ3) is 3.41. The summed E-state index contributed by atoms with van der Waals surface area (Å²) in [4.78, 5) is 18.1. The second kappa shape index (κ2) is 6.66. The standard InChI is InChI=1S/C15H25N5O2/c1-17-9-10-20(15(17)22)13-3-7-18(8-4-13)11-14(21)12-19-6-2-5-16-19/h2,5-6,13-14,21H,3-4,7-12H2,1H3/t14-/m1/s1. The van der Waals surface area contributed by atoms with Crippen LogP contribution in [0, 0.1) is 0 Å². The molecule has 0 radical (unpaired) electrons. The maximum atomic E-state index is 12.0. The van der Waals surface area contributed by atoms with E-state index in [0.717, 1.165) is 39.0 Å². The minimum absolute atomic E-state index is 0.164. The molecule has 0 bridgehead atoms. The number of β-amino-alcohol motifs (C(OH)–C–C–N with tert-alkyl or cyclic N) is 1. The van der Waals surface area contributed by atoms with E-state index in [9.17, 15) is 9.90 Å². The van der Waals surface area contributed by atoms with Gasteiger partial charge in [-0.3, -0.25) is 4.68 Å². The molecule has 1 atom stereocenters. The molecule has 2 aliphatic heterocycles. The highest BCUT2D eigenvalue weighted by Gasteiger charge is 2.33. The maximum absolute atomic E-state index is 12.0. The lowest BCUT2D eigenvalue weighted by Crippen LogP contribution is -2.48. The number of urea groups is 1. The predicted octanol–water partition coefficient (Wildman–Crippen LogP) is 0.0758. The Kier molecular flexibility index (Phi) is 4.63. The molecule has 0 spiro atoms. The minimum atomic E-state index is -0.406. The van der Waals surface area contributed by atoms with Gasteiger partial charge >= 0.3 is 6.03 Å². The normalized spacial score (nSPS) is 22.5. The molecule has 2 fully saturated rings. The molecule has 2 aliphatic rings. The van der Waals surface area contributed by atoms with Crippen LogP contribution in [0.1, 0.15) is 12.8 Å². The SMILES string of the molecule is CN1CCN(C2CCN(C[C@@H](O)Cn3cccn3)CC2)C1=O. The number of piperidine rings is 1. The van der Waals surface area contributed by atoms with Gasteiger partial charge in [0.05, 0.1) is 12.6 Å². The van der Waals surface area contributed by atoms with E-state index in [0.29, 0.717) is 19.1 Å². The van der Waals surface area contributed by atoms with Gasteiger partial charge in [0.25, 0.3) is 0 Å². The average molecular weight is 307 g/mol. The first kappa shape index (κ1) is 15.3. The molecule has 3 rings (SSSR count). The first-order valence-corrected chi connectivity index (χ1v) is 8.03. The summed E-state index contributed by atoms with van der Waals surface area (Å²) in [7, 11) is 1.86. The van der Waals surface area contributed by atoms with Gasteiger partial charge < -0.3 is 19.8 Å². The van der Waals surface area contributed by atoms with Crippen LogP contribution in [0.4, 0.5) is 4.79 Å². The van der Waals surface area contributed by atoms with E-state index in [2.05, 4.69) is 10.00 Å². The van der Waals surface area contributed by atoms with Crippen LogP contribution >= 0.6 is 0 Å². The molecule has 1 N–H and O–H groups in total. The van der Waals surface area contributed by atoms with Gasteiger partial charge in [-0.2, -0.15) is 5.10 Å². The fourth-order valence-corrected chi connectivity index (χ4v) is 3.40.